The smallest absolute Gasteiger partial charge is 0.119 e. The molecule has 1 unspecified atom stereocenters. The Morgan fingerprint density at radius 3 is 2.80 bits per heavy atom. The van der Waals surface area contributed by atoms with Gasteiger partial charge in [0.2, 0.25) is 0 Å². The Morgan fingerprint density at radius 2 is 2.15 bits per heavy atom. The SMILES string of the molecule is CCCOc1cccc(C(NCC)c2cnn(C)c2)c1. The summed E-state index contributed by atoms with van der Waals surface area (Å²) in [5.74, 6) is 0.927. The Bertz CT molecular complexity index is 536. The number of nitrogens with one attached hydrogen (secondary N) is 1. The lowest BCUT2D eigenvalue weighted by atomic mass is 10.0. The number of aryl methyl sites for hydroxylation is 1. The molecule has 1 aromatic carbocycles. The number of benzene rings is 1. The fraction of sp³-hybridized carbons (Fsp3) is 0.438. The lowest BCUT2D eigenvalue weighted by Crippen LogP contribution is -2.21. The predicted octanol–water partition coefficient (Wildman–Crippen LogP) is 2.91. The highest BCUT2D eigenvalue weighted by Crippen LogP contribution is 2.25. The third kappa shape index (κ3) is 3.61. The summed E-state index contributed by atoms with van der Waals surface area (Å²) in [5, 5.41) is 7.77. The van der Waals surface area contributed by atoms with Crippen molar-refractivity contribution in [3.8, 4) is 5.75 Å². The van der Waals surface area contributed by atoms with Crippen LogP contribution in [0.15, 0.2) is 36.7 Å². The van der Waals surface area contributed by atoms with E-state index in [9.17, 15) is 0 Å². The first-order chi connectivity index (χ1) is 9.74. The summed E-state index contributed by atoms with van der Waals surface area (Å²) in [5.41, 5.74) is 2.37. The minimum absolute atomic E-state index is 0.152. The van der Waals surface area contributed by atoms with Crippen molar-refractivity contribution in [3.05, 3.63) is 47.8 Å². The van der Waals surface area contributed by atoms with Gasteiger partial charge in [-0.25, -0.2) is 0 Å². The van der Waals surface area contributed by atoms with Crippen LogP contribution in [0.5, 0.6) is 5.75 Å². The van der Waals surface area contributed by atoms with Gasteiger partial charge in [-0.3, -0.25) is 4.68 Å². The highest BCUT2D eigenvalue weighted by atomic mass is 16.5. The van der Waals surface area contributed by atoms with E-state index in [2.05, 4.69) is 36.4 Å². The van der Waals surface area contributed by atoms with Crippen molar-refractivity contribution in [2.24, 2.45) is 7.05 Å². The Balaban J connectivity index is 2.24. The van der Waals surface area contributed by atoms with Gasteiger partial charge >= 0.3 is 0 Å². The molecule has 20 heavy (non-hydrogen) atoms. The summed E-state index contributed by atoms with van der Waals surface area (Å²) in [7, 11) is 1.94. The van der Waals surface area contributed by atoms with E-state index < -0.39 is 0 Å². The van der Waals surface area contributed by atoms with Gasteiger partial charge in [0.05, 0.1) is 18.8 Å². The summed E-state index contributed by atoms with van der Waals surface area (Å²) in [6.07, 6.45) is 4.98. The first-order valence-electron chi connectivity index (χ1n) is 7.19. The molecular weight excluding hydrogens is 250 g/mol. The second-order valence-corrected chi connectivity index (χ2v) is 4.86. The maximum Gasteiger partial charge on any atom is 0.119 e. The molecule has 2 aromatic rings. The third-order valence-electron chi connectivity index (χ3n) is 3.13. The zero-order valence-corrected chi connectivity index (χ0v) is 12.5. The topological polar surface area (TPSA) is 39.1 Å². The number of rotatable bonds is 7. The maximum absolute atomic E-state index is 5.72. The summed E-state index contributed by atoms with van der Waals surface area (Å²) in [6, 6.07) is 8.43. The van der Waals surface area contributed by atoms with Gasteiger partial charge in [-0.2, -0.15) is 5.10 Å². The molecule has 0 bridgehead atoms. The molecular formula is C16H23N3O. The molecule has 1 N–H and O–H groups in total. The third-order valence-corrected chi connectivity index (χ3v) is 3.13. The van der Waals surface area contributed by atoms with Crippen molar-refractivity contribution in [1.29, 1.82) is 0 Å². The average molecular weight is 273 g/mol. The Hall–Kier alpha value is -1.81. The largest absolute Gasteiger partial charge is 0.494 e. The molecule has 108 valence electrons. The van der Waals surface area contributed by atoms with E-state index in [0.717, 1.165) is 25.3 Å². The standard InChI is InChI=1S/C16H23N3O/c1-4-9-20-15-8-6-7-13(10-15)16(17-5-2)14-11-18-19(3)12-14/h6-8,10-12,16-17H,4-5,9H2,1-3H3. The number of aromatic nitrogens is 2. The molecule has 4 heteroatoms. The van der Waals surface area contributed by atoms with Crippen LogP contribution in [0.1, 0.15) is 37.4 Å². The van der Waals surface area contributed by atoms with Crippen LogP contribution in [0.4, 0.5) is 0 Å². The lowest BCUT2D eigenvalue weighted by molar-refractivity contribution is 0.317. The number of hydrogen-bond acceptors (Lipinski definition) is 3. The van der Waals surface area contributed by atoms with Crippen LogP contribution in [0, 0.1) is 0 Å². The van der Waals surface area contributed by atoms with Gasteiger partial charge in [0.15, 0.2) is 0 Å². The van der Waals surface area contributed by atoms with Crippen LogP contribution < -0.4 is 10.1 Å². The number of nitrogens with zero attached hydrogens (tertiary/aromatic N) is 2. The van der Waals surface area contributed by atoms with Crippen LogP contribution in [0.25, 0.3) is 0 Å². The van der Waals surface area contributed by atoms with Gasteiger partial charge in [-0.15, -0.1) is 0 Å². The Morgan fingerprint density at radius 1 is 1.30 bits per heavy atom. The molecule has 0 aliphatic heterocycles. The van der Waals surface area contributed by atoms with Gasteiger partial charge in [0, 0.05) is 18.8 Å². The van der Waals surface area contributed by atoms with E-state index in [0.29, 0.717) is 0 Å². The molecule has 0 spiro atoms. The highest BCUT2D eigenvalue weighted by molar-refractivity contribution is 5.35. The minimum atomic E-state index is 0.152. The molecule has 2 rings (SSSR count). The van der Waals surface area contributed by atoms with E-state index >= 15 is 0 Å². The van der Waals surface area contributed by atoms with Crippen molar-refractivity contribution < 1.29 is 4.74 Å². The molecule has 4 nitrogen and oxygen atoms in total. The van der Waals surface area contributed by atoms with Gasteiger partial charge in [0.25, 0.3) is 0 Å². The molecule has 0 fully saturated rings. The molecule has 1 heterocycles. The first kappa shape index (κ1) is 14.6. The lowest BCUT2D eigenvalue weighted by Gasteiger charge is -2.18. The minimum Gasteiger partial charge on any atom is -0.494 e. The van der Waals surface area contributed by atoms with Crippen molar-refractivity contribution in [2.75, 3.05) is 13.2 Å². The van der Waals surface area contributed by atoms with Crippen LogP contribution in [-0.2, 0) is 7.05 Å². The van der Waals surface area contributed by atoms with Crippen molar-refractivity contribution in [1.82, 2.24) is 15.1 Å². The normalized spacial score (nSPS) is 12.3. The summed E-state index contributed by atoms with van der Waals surface area (Å²) < 4.78 is 7.55. The molecule has 1 atom stereocenters. The molecule has 0 saturated carbocycles. The van der Waals surface area contributed by atoms with Crippen molar-refractivity contribution in [2.45, 2.75) is 26.3 Å². The Labute approximate surface area is 120 Å². The van der Waals surface area contributed by atoms with E-state index in [1.165, 1.54) is 11.1 Å². The average Bonchev–Trinajstić information content (AvgIpc) is 2.89. The van der Waals surface area contributed by atoms with E-state index in [-0.39, 0.29) is 6.04 Å². The fourth-order valence-corrected chi connectivity index (χ4v) is 2.23. The van der Waals surface area contributed by atoms with Crippen molar-refractivity contribution in [3.63, 3.8) is 0 Å². The van der Waals surface area contributed by atoms with Crippen LogP contribution in [0.3, 0.4) is 0 Å². The monoisotopic (exact) mass is 273 g/mol. The molecule has 0 aliphatic rings. The second kappa shape index (κ2) is 7.10. The van der Waals surface area contributed by atoms with Gasteiger partial charge in [-0.05, 0) is 30.7 Å². The van der Waals surface area contributed by atoms with E-state index in [4.69, 9.17) is 4.74 Å². The number of hydrogen-bond donors (Lipinski definition) is 1. The summed E-state index contributed by atoms with van der Waals surface area (Å²) in [4.78, 5) is 0. The predicted molar refractivity (Wildman–Crippen MR) is 81.0 cm³/mol. The fourth-order valence-electron chi connectivity index (χ4n) is 2.23. The molecule has 1 aromatic heterocycles. The van der Waals surface area contributed by atoms with E-state index in [1.54, 1.807) is 0 Å². The first-order valence-corrected chi connectivity index (χ1v) is 7.19. The van der Waals surface area contributed by atoms with Crippen LogP contribution >= 0.6 is 0 Å². The van der Waals surface area contributed by atoms with Gasteiger partial charge in [0.1, 0.15) is 5.75 Å². The van der Waals surface area contributed by atoms with Crippen LogP contribution in [-0.4, -0.2) is 22.9 Å². The second-order valence-electron chi connectivity index (χ2n) is 4.86. The maximum atomic E-state index is 5.72. The highest BCUT2D eigenvalue weighted by Gasteiger charge is 2.15. The van der Waals surface area contributed by atoms with Gasteiger partial charge < -0.3 is 10.1 Å². The zero-order chi connectivity index (χ0) is 14.4. The number of ether oxygens (including phenoxy) is 1. The molecule has 0 radical (unpaired) electrons. The van der Waals surface area contributed by atoms with Gasteiger partial charge in [-0.1, -0.05) is 26.0 Å². The van der Waals surface area contributed by atoms with Crippen molar-refractivity contribution >= 4 is 0 Å². The molecule has 0 aliphatic carbocycles. The summed E-state index contributed by atoms with van der Waals surface area (Å²) >= 11 is 0. The quantitative estimate of drug-likeness (QED) is 0.843. The molecule has 0 saturated heterocycles. The van der Waals surface area contributed by atoms with Crippen LogP contribution in [0.2, 0.25) is 0 Å². The Kier molecular flexibility index (Phi) is 5.18. The van der Waals surface area contributed by atoms with E-state index in [1.807, 2.05) is 36.3 Å². The summed E-state index contributed by atoms with van der Waals surface area (Å²) in [6.45, 7) is 5.88. The molecule has 0 amide bonds. The zero-order valence-electron chi connectivity index (χ0n) is 12.5.